The van der Waals surface area contributed by atoms with E-state index in [1.54, 1.807) is 7.11 Å². The van der Waals surface area contributed by atoms with Crippen LogP contribution in [0.1, 0.15) is 25.7 Å². The van der Waals surface area contributed by atoms with Crippen LogP contribution in [0.5, 0.6) is 11.5 Å². The third kappa shape index (κ3) is 4.23. The van der Waals surface area contributed by atoms with Crippen molar-refractivity contribution in [2.75, 3.05) is 26.9 Å². The first-order chi connectivity index (χ1) is 12.2. The summed E-state index contributed by atoms with van der Waals surface area (Å²) in [4.78, 5) is 14.6. The number of rotatable bonds is 6. The predicted molar refractivity (Wildman–Crippen MR) is 93.4 cm³/mol. The van der Waals surface area contributed by atoms with Crippen LogP contribution in [0.3, 0.4) is 0 Å². The predicted octanol–water partition coefficient (Wildman–Crippen LogP) is 0.683. The van der Waals surface area contributed by atoms with Gasteiger partial charge in [-0.25, -0.2) is 5.43 Å². The molecule has 7 nitrogen and oxygen atoms in total. The number of likely N-dealkylation sites (tertiary alicyclic amines) is 1. The van der Waals surface area contributed by atoms with Gasteiger partial charge in [0.25, 0.3) is 0 Å². The normalized spacial score (nSPS) is 26.5. The number of para-hydroxylation sites is 2. The monoisotopic (exact) mass is 349 g/mol. The molecule has 138 valence electrons. The third-order valence-corrected chi connectivity index (χ3v) is 4.91. The van der Waals surface area contributed by atoms with E-state index < -0.39 is 0 Å². The number of aliphatic hydroxyl groups excluding tert-OH is 1. The number of carbonyl (C=O) groups is 1. The second kappa shape index (κ2) is 8.51. The smallest absolute Gasteiger partial charge is 0.241 e. The van der Waals surface area contributed by atoms with E-state index in [0.29, 0.717) is 24.5 Å². The molecule has 2 aliphatic rings. The number of nitrogens with one attached hydrogen (secondary N) is 2. The van der Waals surface area contributed by atoms with Crippen LogP contribution in [0.15, 0.2) is 24.3 Å². The second-order valence-electron chi connectivity index (χ2n) is 6.60. The Labute approximate surface area is 148 Å². The van der Waals surface area contributed by atoms with Crippen molar-refractivity contribution in [1.82, 2.24) is 15.8 Å². The van der Waals surface area contributed by atoms with Crippen LogP contribution >= 0.6 is 0 Å². The Hall–Kier alpha value is -1.83. The molecule has 3 atom stereocenters. The molecular formula is C18H27N3O4. The summed E-state index contributed by atoms with van der Waals surface area (Å²) in [5.41, 5.74) is 6.22. The van der Waals surface area contributed by atoms with Crippen molar-refractivity contribution >= 4 is 5.91 Å². The molecule has 0 spiro atoms. The molecule has 2 aliphatic heterocycles. The summed E-state index contributed by atoms with van der Waals surface area (Å²) in [7, 11) is 1.61. The number of amides is 1. The zero-order chi connectivity index (χ0) is 17.6. The molecule has 1 aromatic carbocycles. The van der Waals surface area contributed by atoms with Gasteiger partial charge in [-0.1, -0.05) is 12.1 Å². The average molecular weight is 349 g/mol. The maximum absolute atomic E-state index is 12.7. The van der Waals surface area contributed by atoms with Crippen molar-refractivity contribution in [2.45, 2.75) is 43.8 Å². The van der Waals surface area contributed by atoms with Gasteiger partial charge in [0.2, 0.25) is 5.91 Å². The summed E-state index contributed by atoms with van der Waals surface area (Å²) in [5, 5.41) is 9.50. The van der Waals surface area contributed by atoms with Gasteiger partial charge in [-0.2, -0.15) is 0 Å². The van der Waals surface area contributed by atoms with E-state index in [1.165, 1.54) is 0 Å². The lowest BCUT2D eigenvalue weighted by molar-refractivity contribution is -0.138. The number of ether oxygens (including phenoxy) is 2. The minimum atomic E-state index is -0.279. The van der Waals surface area contributed by atoms with Crippen molar-refractivity contribution in [3.63, 3.8) is 0 Å². The van der Waals surface area contributed by atoms with E-state index in [2.05, 4.69) is 10.9 Å². The molecule has 1 aromatic rings. The molecule has 0 saturated carbocycles. The number of piperidine rings is 1. The van der Waals surface area contributed by atoms with E-state index in [4.69, 9.17) is 9.47 Å². The molecular weight excluding hydrogens is 322 g/mol. The fourth-order valence-electron chi connectivity index (χ4n) is 3.50. The van der Waals surface area contributed by atoms with Crippen molar-refractivity contribution in [3.05, 3.63) is 24.3 Å². The number of nitrogens with zero attached hydrogens (tertiary/aromatic N) is 1. The Morgan fingerprint density at radius 1 is 1.28 bits per heavy atom. The Kier molecular flexibility index (Phi) is 6.12. The number of hydrogen-bond donors (Lipinski definition) is 3. The van der Waals surface area contributed by atoms with Crippen molar-refractivity contribution in [2.24, 2.45) is 0 Å². The van der Waals surface area contributed by atoms with E-state index >= 15 is 0 Å². The highest BCUT2D eigenvalue weighted by Crippen LogP contribution is 2.26. The minimum Gasteiger partial charge on any atom is -0.493 e. The highest BCUT2D eigenvalue weighted by molar-refractivity contribution is 5.82. The van der Waals surface area contributed by atoms with Gasteiger partial charge in [0.15, 0.2) is 11.5 Å². The zero-order valence-corrected chi connectivity index (χ0v) is 14.6. The van der Waals surface area contributed by atoms with Crippen molar-refractivity contribution in [1.29, 1.82) is 0 Å². The molecule has 3 rings (SSSR count). The molecule has 1 amide bonds. The molecule has 2 saturated heterocycles. The van der Waals surface area contributed by atoms with Crippen LogP contribution in [0.4, 0.5) is 0 Å². The zero-order valence-electron chi connectivity index (χ0n) is 14.6. The maximum Gasteiger partial charge on any atom is 0.241 e. The number of methoxy groups -OCH3 is 1. The molecule has 0 aromatic heterocycles. The standard InChI is InChI=1S/C18H27N3O4/c1-24-16-7-2-3-8-17(16)25-12-13-10-15(20-19-13)18(23)21-9-5-4-6-14(21)11-22/h2-3,7-8,13-15,19-20,22H,4-6,9-12H2,1H3. The molecule has 3 unspecified atom stereocenters. The Bertz CT molecular complexity index is 583. The summed E-state index contributed by atoms with van der Waals surface area (Å²) in [6.07, 6.45) is 3.61. The molecule has 0 aliphatic carbocycles. The van der Waals surface area contributed by atoms with E-state index in [1.807, 2.05) is 29.2 Å². The molecule has 2 fully saturated rings. The summed E-state index contributed by atoms with van der Waals surface area (Å²) in [6.45, 7) is 1.21. The van der Waals surface area contributed by atoms with E-state index in [0.717, 1.165) is 25.8 Å². The average Bonchev–Trinajstić information content (AvgIpc) is 3.15. The van der Waals surface area contributed by atoms with Gasteiger partial charge in [0.05, 0.1) is 25.8 Å². The summed E-state index contributed by atoms with van der Waals surface area (Å²) < 4.78 is 11.1. The van der Waals surface area contributed by atoms with Crippen LogP contribution in [0.25, 0.3) is 0 Å². The van der Waals surface area contributed by atoms with Crippen LogP contribution in [0, 0.1) is 0 Å². The molecule has 25 heavy (non-hydrogen) atoms. The number of hydrogen-bond acceptors (Lipinski definition) is 6. The number of carbonyl (C=O) groups excluding carboxylic acids is 1. The van der Waals surface area contributed by atoms with Gasteiger partial charge in [0, 0.05) is 6.54 Å². The van der Waals surface area contributed by atoms with Gasteiger partial charge in [-0.3, -0.25) is 10.2 Å². The number of aliphatic hydroxyl groups is 1. The highest BCUT2D eigenvalue weighted by Gasteiger charge is 2.35. The quantitative estimate of drug-likeness (QED) is 0.701. The first-order valence-corrected chi connectivity index (χ1v) is 8.91. The van der Waals surface area contributed by atoms with Gasteiger partial charge < -0.3 is 19.5 Å². The van der Waals surface area contributed by atoms with Crippen LogP contribution < -0.4 is 20.3 Å². The van der Waals surface area contributed by atoms with Crippen LogP contribution in [-0.2, 0) is 4.79 Å². The third-order valence-electron chi connectivity index (χ3n) is 4.91. The maximum atomic E-state index is 12.7. The summed E-state index contributed by atoms with van der Waals surface area (Å²) >= 11 is 0. The number of hydrazine groups is 1. The SMILES string of the molecule is COc1ccccc1OCC1CC(C(=O)N2CCCCC2CO)NN1. The Balaban J connectivity index is 1.52. The first kappa shape index (κ1) is 18.0. The second-order valence-corrected chi connectivity index (χ2v) is 6.60. The molecule has 2 heterocycles. The largest absolute Gasteiger partial charge is 0.493 e. The first-order valence-electron chi connectivity index (χ1n) is 8.91. The Morgan fingerprint density at radius 2 is 2.08 bits per heavy atom. The highest BCUT2D eigenvalue weighted by atomic mass is 16.5. The van der Waals surface area contributed by atoms with Crippen molar-refractivity contribution in [3.8, 4) is 11.5 Å². The molecule has 0 radical (unpaired) electrons. The van der Waals surface area contributed by atoms with Gasteiger partial charge in [-0.15, -0.1) is 0 Å². The summed E-state index contributed by atoms with van der Waals surface area (Å²) in [5.74, 6) is 1.45. The minimum absolute atomic E-state index is 0.0340. The van der Waals surface area contributed by atoms with E-state index in [9.17, 15) is 9.90 Å². The topological polar surface area (TPSA) is 83.1 Å². The van der Waals surface area contributed by atoms with Crippen LogP contribution in [0.2, 0.25) is 0 Å². The summed E-state index contributed by atoms with van der Waals surface area (Å²) in [6, 6.07) is 7.22. The fourth-order valence-corrected chi connectivity index (χ4v) is 3.50. The van der Waals surface area contributed by atoms with Gasteiger partial charge in [-0.05, 0) is 37.8 Å². The number of benzene rings is 1. The molecule has 3 N–H and O–H groups in total. The fraction of sp³-hybridized carbons (Fsp3) is 0.611. The lowest BCUT2D eigenvalue weighted by Crippen LogP contribution is -2.52. The lowest BCUT2D eigenvalue weighted by atomic mass is 10.0. The molecule has 0 bridgehead atoms. The lowest BCUT2D eigenvalue weighted by Gasteiger charge is -2.36. The Morgan fingerprint density at radius 3 is 2.84 bits per heavy atom. The van der Waals surface area contributed by atoms with Crippen molar-refractivity contribution < 1.29 is 19.4 Å². The van der Waals surface area contributed by atoms with Gasteiger partial charge in [0.1, 0.15) is 12.6 Å². The van der Waals surface area contributed by atoms with Gasteiger partial charge >= 0.3 is 0 Å². The van der Waals surface area contributed by atoms with Crippen LogP contribution in [-0.4, -0.2) is 60.9 Å². The van der Waals surface area contributed by atoms with E-state index in [-0.39, 0.29) is 30.6 Å². The molecule has 7 heteroatoms.